The van der Waals surface area contributed by atoms with Gasteiger partial charge in [-0.2, -0.15) is 10.2 Å². The number of hydrogen-bond acceptors (Lipinski definition) is 3. The first-order valence-electron chi connectivity index (χ1n) is 8.82. The lowest BCUT2D eigenvalue weighted by Gasteiger charge is -2.08. The maximum absolute atomic E-state index is 13.1. The monoisotopic (exact) mass is 375 g/mol. The Hall–Kier alpha value is -3.74. The number of nitrogens with one attached hydrogen (secondary N) is 2. The molecule has 0 unspecified atom stereocenters. The zero-order chi connectivity index (χ0) is 19.3. The van der Waals surface area contributed by atoms with E-state index in [-0.39, 0.29) is 11.7 Å². The molecule has 7 heteroatoms. The van der Waals surface area contributed by atoms with E-state index in [1.165, 1.54) is 12.1 Å². The molecule has 0 radical (unpaired) electrons. The number of hydrogen-bond donors (Lipinski definition) is 2. The van der Waals surface area contributed by atoms with Gasteiger partial charge < -0.3 is 5.32 Å². The van der Waals surface area contributed by atoms with Crippen LogP contribution in [0.2, 0.25) is 0 Å². The second-order valence-corrected chi connectivity index (χ2v) is 6.36. The van der Waals surface area contributed by atoms with E-state index in [1.807, 2.05) is 30.5 Å². The maximum atomic E-state index is 13.1. The molecule has 0 aliphatic rings. The topological polar surface area (TPSA) is 75.6 Å². The minimum Gasteiger partial charge on any atom is -0.348 e. The van der Waals surface area contributed by atoms with Gasteiger partial charge in [0.1, 0.15) is 5.82 Å². The predicted octanol–water partition coefficient (Wildman–Crippen LogP) is 3.39. The highest BCUT2D eigenvalue weighted by molar-refractivity contribution is 5.94. The van der Waals surface area contributed by atoms with Crippen molar-refractivity contribution in [3.8, 4) is 11.3 Å². The van der Waals surface area contributed by atoms with E-state index in [9.17, 15) is 9.18 Å². The molecule has 0 bridgehead atoms. The van der Waals surface area contributed by atoms with Crippen LogP contribution < -0.4 is 5.32 Å². The van der Waals surface area contributed by atoms with Crippen molar-refractivity contribution in [2.45, 2.75) is 13.1 Å². The fourth-order valence-corrected chi connectivity index (χ4v) is 2.98. The Bertz CT molecular complexity index is 1070. The summed E-state index contributed by atoms with van der Waals surface area (Å²) in [7, 11) is 0. The Morgan fingerprint density at radius 2 is 2.00 bits per heavy atom. The molecule has 28 heavy (non-hydrogen) atoms. The summed E-state index contributed by atoms with van der Waals surface area (Å²) in [4.78, 5) is 12.6. The van der Waals surface area contributed by atoms with E-state index in [0.29, 0.717) is 18.7 Å². The number of H-pyrrole nitrogens is 1. The molecule has 0 saturated heterocycles. The molecule has 0 atom stereocenters. The van der Waals surface area contributed by atoms with Crippen molar-refractivity contribution >= 4 is 5.91 Å². The highest BCUT2D eigenvalue weighted by Gasteiger charge is 2.11. The van der Waals surface area contributed by atoms with Gasteiger partial charge in [0.05, 0.1) is 18.4 Å². The minimum atomic E-state index is -0.298. The van der Waals surface area contributed by atoms with Crippen molar-refractivity contribution in [2.24, 2.45) is 0 Å². The second kappa shape index (κ2) is 7.87. The Balaban J connectivity index is 1.44. The van der Waals surface area contributed by atoms with Crippen molar-refractivity contribution < 1.29 is 9.18 Å². The largest absolute Gasteiger partial charge is 0.348 e. The van der Waals surface area contributed by atoms with Crippen LogP contribution in [-0.2, 0) is 13.1 Å². The standard InChI is InChI=1S/C21H18FN5O/c22-19-7-5-16(6-8-19)20-18(13-24-26-20)12-23-21(28)17-4-1-3-15(11-17)14-27-10-2-9-25-27/h1-11,13H,12,14H2,(H,23,28)(H,24,26). The SMILES string of the molecule is O=C(NCc1cn[nH]c1-c1ccc(F)cc1)c1cccc(Cn2cccn2)c1. The van der Waals surface area contributed by atoms with Crippen molar-refractivity contribution in [3.05, 3.63) is 95.7 Å². The van der Waals surface area contributed by atoms with Gasteiger partial charge >= 0.3 is 0 Å². The molecule has 2 aromatic carbocycles. The summed E-state index contributed by atoms with van der Waals surface area (Å²) < 4.78 is 14.9. The Labute approximate surface area is 161 Å². The molecule has 4 aromatic rings. The fourth-order valence-electron chi connectivity index (χ4n) is 2.98. The van der Waals surface area contributed by atoms with Gasteiger partial charge in [-0.05, 0) is 48.0 Å². The molecule has 0 fully saturated rings. The van der Waals surface area contributed by atoms with E-state index in [4.69, 9.17) is 0 Å². The van der Waals surface area contributed by atoms with Crippen molar-refractivity contribution in [1.82, 2.24) is 25.3 Å². The molecular weight excluding hydrogens is 357 g/mol. The number of carbonyl (C=O) groups excluding carboxylic acids is 1. The van der Waals surface area contributed by atoms with Gasteiger partial charge in [0.25, 0.3) is 5.91 Å². The highest BCUT2D eigenvalue weighted by atomic mass is 19.1. The average Bonchev–Trinajstić information content (AvgIpc) is 3.39. The van der Waals surface area contributed by atoms with Gasteiger partial charge in [-0.1, -0.05) is 12.1 Å². The van der Waals surface area contributed by atoms with Gasteiger partial charge in [-0.3, -0.25) is 14.6 Å². The summed E-state index contributed by atoms with van der Waals surface area (Å²) in [6.45, 7) is 0.913. The van der Waals surface area contributed by atoms with E-state index >= 15 is 0 Å². The van der Waals surface area contributed by atoms with Crippen LogP contribution in [-0.4, -0.2) is 25.9 Å². The first kappa shape index (κ1) is 17.7. The zero-order valence-electron chi connectivity index (χ0n) is 15.0. The van der Waals surface area contributed by atoms with Crippen LogP contribution in [0.25, 0.3) is 11.3 Å². The normalized spacial score (nSPS) is 10.8. The van der Waals surface area contributed by atoms with Crippen LogP contribution >= 0.6 is 0 Å². The smallest absolute Gasteiger partial charge is 0.251 e. The average molecular weight is 375 g/mol. The molecule has 1 amide bonds. The van der Waals surface area contributed by atoms with Crippen LogP contribution in [0, 0.1) is 5.82 Å². The van der Waals surface area contributed by atoms with Gasteiger partial charge in [-0.15, -0.1) is 0 Å². The molecule has 0 saturated carbocycles. The minimum absolute atomic E-state index is 0.173. The van der Waals surface area contributed by atoms with E-state index in [0.717, 1.165) is 22.4 Å². The molecule has 140 valence electrons. The molecule has 0 aliphatic carbocycles. The fraction of sp³-hybridized carbons (Fsp3) is 0.0952. The number of carbonyl (C=O) groups is 1. The van der Waals surface area contributed by atoms with Crippen LogP contribution in [0.15, 0.2) is 73.2 Å². The van der Waals surface area contributed by atoms with Gasteiger partial charge in [0, 0.05) is 35.6 Å². The highest BCUT2D eigenvalue weighted by Crippen LogP contribution is 2.21. The second-order valence-electron chi connectivity index (χ2n) is 6.36. The third-order valence-electron chi connectivity index (χ3n) is 4.38. The molecule has 0 aliphatic heterocycles. The summed E-state index contributed by atoms with van der Waals surface area (Å²) in [6.07, 6.45) is 5.26. The Morgan fingerprint density at radius 3 is 2.79 bits per heavy atom. The first-order valence-corrected chi connectivity index (χ1v) is 8.82. The molecule has 0 spiro atoms. The van der Waals surface area contributed by atoms with E-state index < -0.39 is 0 Å². The summed E-state index contributed by atoms with van der Waals surface area (Å²) in [6, 6.07) is 15.4. The van der Waals surface area contributed by atoms with Crippen molar-refractivity contribution in [1.29, 1.82) is 0 Å². The number of aromatic amines is 1. The number of rotatable bonds is 6. The third kappa shape index (κ3) is 3.98. The Morgan fingerprint density at radius 1 is 1.14 bits per heavy atom. The molecule has 2 N–H and O–H groups in total. The zero-order valence-corrected chi connectivity index (χ0v) is 15.0. The molecule has 6 nitrogen and oxygen atoms in total. The summed E-state index contributed by atoms with van der Waals surface area (Å²) in [5.74, 6) is -0.471. The lowest BCUT2D eigenvalue weighted by molar-refractivity contribution is 0.0951. The molecule has 4 rings (SSSR count). The molecular formula is C21H18FN5O. The Kier molecular flexibility index (Phi) is 4.97. The number of nitrogens with zero attached hydrogens (tertiary/aromatic N) is 3. The lowest BCUT2D eigenvalue weighted by atomic mass is 10.1. The number of amides is 1. The number of aromatic nitrogens is 4. The summed E-state index contributed by atoms with van der Waals surface area (Å²) in [5, 5.41) is 14.0. The van der Waals surface area contributed by atoms with Crippen LogP contribution in [0.3, 0.4) is 0 Å². The van der Waals surface area contributed by atoms with Crippen LogP contribution in [0.4, 0.5) is 4.39 Å². The third-order valence-corrected chi connectivity index (χ3v) is 4.38. The summed E-state index contributed by atoms with van der Waals surface area (Å²) >= 11 is 0. The van der Waals surface area contributed by atoms with E-state index in [2.05, 4.69) is 20.6 Å². The quantitative estimate of drug-likeness (QED) is 0.542. The molecule has 2 aromatic heterocycles. The number of benzene rings is 2. The summed E-state index contributed by atoms with van der Waals surface area (Å²) in [5.41, 5.74) is 3.97. The maximum Gasteiger partial charge on any atom is 0.251 e. The van der Waals surface area contributed by atoms with Gasteiger partial charge in [-0.25, -0.2) is 4.39 Å². The number of halogens is 1. The van der Waals surface area contributed by atoms with Crippen molar-refractivity contribution in [3.63, 3.8) is 0 Å². The van der Waals surface area contributed by atoms with Gasteiger partial charge in [0.2, 0.25) is 0 Å². The lowest BCUT2D eigenvalue weighted by Crippen LogP contribution is -2.23. The van der Waals surface area contributed by atoms with Crippen LogP contribution in [0.1, 0.15) is 21.5 Å². The molecule has 2 heterocycles. The van der Waals surface area contributed by atoms with Crippen LogP contribution in [0.5, 0.6) is 0 Å². The van der Waals surface area contributed by atoms with Crippen molar-refractivity contribution in [2.75, 3.05) is 0 Å². The first-order chi connectivity index (χ1) is 13.7. The predicted molar refractivity (Wildman–Crippen MR) is 103 cm³/mol. The van der Waals surface area contributed by atoms with E-state index in [1.54, 1.807) is 35.3 Å². The van der Waals surface area contributed by atoms with Gasteiger partial charge in [0.15, 0.2) is 0 Å².